The van der Waals surface area contributed by atoms with Crippen LogP contribution in [0.15, 0.2) is 107 Å². The molecule has 3 fully saturated rings. The van der Waals surface area contributed by atoms with Crippen molar-refractivity contribution >= 4 is 34.8 Å². The fraction of sp³-hybridized carbons (Fsp3) is 0.478. The fourth-order valence-corrected chi connectivity index (χ4v) is 17.5. The van der Waals surface area contributed by atoms with Crippen molar-refractivity contribution in [2.45, 2.75) is 185 Å². The van der Waals surface area contributed by atoms with Gasteiger partial charge in [0.05, 0.1) is 21.8 Å². The Kier molecular flexibility index (Phi) is 11.1. The normalized spacial score (nSPS) is 30.0. The van der Waals surface area contributed by atoms with Crippen LogP contribution in [0.5, 0.6) is 0 Å². The Labute approximate surface area is 481 Å². The van der Waals surface area contributed by atoms with Gasteiger partial charge in [-0.15, -0.1) is 0 Å². The van der Waals surface area contributed by atoms with Crippen molar-refractivity contribution in [3.05, 3.63) is 168 Å². The molecule has 5 N–H and O–H groups in total. The molecule has 0 bridgehead atoms. The summed E-state index contributed by atoms with van der Waals surface area (Å²) in [4.78, 5) is 50.5. The first-order valence-corrected chi connectivity index (χ1v) is 30.1. The molecule has 6 aliphatic carbocycles. The van der Waals surface area contributed by atoms with Gasteiger partial charge in [-0.1, -0.05) is 81.8 Å². The summed E-state index contributed by atoms with van der Waals surface area (Å²) < 4.78 is 46.8. The van der Waals surface area contributed by atoms with Gasteiger partial charge in [-0.2, -0.15) is 28.5 Å². The molecule has 4 aromatic heterocycles. The summed E-state index contributed by atoms with van der Waals surface area (Å²) in [6.45, 7) is 14.6. The van der Waals surface area contributed by atoms with Gasteiger partial charge < -0.3 is 16.0 Å². The number of pyridine rings is 1. The minimum Gasteiger partial charge on any atom is -0.342 e. The second-order valence-corrected chi connectivity index (χ2v) is 28.0. The monoisotopic (exact) mass is 1120 g/mol. The molecule has 1 spiro atoms. The molecule has 0 saturated heterocycles. The fourth-order valence-electron chi connectivity index (χ4n) is 17.5. The highest BCUT2D eigenvalue weighted by atomic mass is 19.4. The minimum absolute atomic E-state index is 0.0154. The van der Waals surface area contributed by atoms with Crippen LogP contribution in [0.2, 0.25) is 0 Å². The molecule has 6 unspecified atom stereocenters. The van der Waals surface area contributed by atoms with E-state index in [4.69, 9.17) is 15.2 Å². The number of fused-ring (bicyclic) bond motifs is 3. The number of ketones is 3. The van der Waals surface area contributed by atoms with Crippen molar-refractivity contribution < 1.29 is 27.6 Å². The average molecular weight is 1120 g/mol. The van der Waals surface area contributed by atoms with E-state index in [2.05, 4.69) is 107 Å². The summed E-state index contributed by atoms with van der Waals surface area (Å²) >= 11 is 0. The molecular weight excluding hydrogens is 1050 g/mol. The molecule has 428 valence electrons. The predicted octanol–water partition coefficient (Wildman–Crippen LogP) is 13.9. The lowest BCUT2D eigenvalue weighted by molar-refractivity contribution is -0.138. The van der Waals surface area contributed by atoms with E-state index >= 15 is 9.59 Å². The Bertz CT molecular complexity index is 3910. The summed E-state index contributed by atoms with van der Waals surface area (Å²) in [6, 6.07) is 20.4. The Morgan fingerprint density at radius 2 is 1.23 bits per heavy atom. The van der Waals surface area contributed by atoms with Gasteiger partial charge in [-0.3, -0.25) is 34.2 Å². The summed E-state index contributed by atoms with van der Waals surface area (Å²) in [5.41, 5.74) is 7.77. The van der Waals surface area contributed by atoms with Gasteiger partial charge >= 0.3 is 6.18 Å². The first kappa shape index (κ1) is 52.4. The molecule has 15 rings (SSSR count). The number of allylic oxidation sites excluding steroid dienone is 6. The minimum atomic E-state index is -4.66. The van der Waals surface area contributed by atoms with Crippen molar-refractivity contribution in [2.75, 3.05) is 16.0 Å². The second kappa shape index (κ2) is 17.6. The number of halogens is 3. The number of aromatic amines is 2. The van der Waals surface area contributed by atoms with Crippen LogP contribution >= 0.6 is 0 Å². The lowest BCUT2D eigenvalue weighted by atomic mass is 9.56. The number of nitrogens with one attached hydrogen (secondary N) is 5. The number of rotatable bonds is 8. The lowest BCUT2D eigenvalue weighted by Crippen LogP contribution is -2.44. The number of carbonyl (C=O) groups excluding carboxylic acids is 3. The zero-order chi connectivity index (χ0) is 57.5. The van der Waals surface area contributed by atoms with E-state index < -0.39 is 33.4 Å². The molecule has 6 atom stereocenters. The van der Waals surface area contributed by atoms with Crippen LogP contribution in [0.1, 0.15) is 211 Å². The van der Waals surface area contributed by atoms with Crippen molar-refractivity contribution in [2.24, 2.45) is 16.2 Å². The number of hydrogen-bond donors (Lipinski definition) is 5. The van der Waals surface area contributed by atoms with Crippen molar-refractivity contribution in [1.29, 1.82) is 0 Å². The van der Waals surface area contributed by atoms with Gasteiger partial charge in [0, 0.05) is 123 Å². The highest BCUT2D eigenvalue weighted by Gasteiger charge is 2.57. The number of anilines is 3. The third-order valence-electron chi connectivity index (χ3n) is 21.2. The predicted molar refractivity (Wildman–Crippen MR) is 310 cm³/mol. The van der Waals surface area contributed by atoms with E-state index in [1.807, 2.05) is 12.3 Å². The molecule has 3 aliphatic heterocycles. The van der Waals surface area contributed by atoms with Crippen molar-refractivity contribution in [3.63, 3.8) is 0 Å². The average Bonchev–Trinajstić information content (AvgIpc) is 1.89. The zero-order valence-corrected chi connectivity index (χ0v) is 48.4. The summed E-state index contributed by atoms with van der Waals surface area (Å²) in [6.07, 6.45) is 7.93. The molecule has 0 radical (unpaired) electrons. The van der Waals surface area contributed by atoms with E-state index in [0.717, 1.165) is 132 Å². The standard InChI is InChI=1S/C67H71F3N10O3/c1-35-50-58(77-75-35)72-45-28-62(4,31-48(82)53(45)65(50,7)41-17-11-12-18-42(41)67(68,69)70)34-80-57(37-21-22-37)55-60(79-80)74-44-27-61(2,3)30-47(81)51(44)64(55,6)40-23-24-43(71-33-40)38-14-13-25-66(26-38)29-46-52(49(83)32-66)63(5,39-15-9-8-10-16-39)54-56(36-19-20-36)76-78-59(54)73-46/h8-12,15-18,23-24,33,36-38H,13-14,19-22,25-32,34H2,1-7H3,(H,74,79)(H2,72,75,77)(H2,73,76,78). The number of H-pyrrole nitrogens is 2. The van der Waals surface area contributed by atoms with Gasteiger partial charge in [0.15, 0.2) is 34.8 Å². The molecule has 9 aliphatic rings. The molecule has 13 nitrogen and oxygen atoms in total. The number of aromatic nitrogens is 7. The van der Waals surface area contributed by atoms with Crippen LogP contribution in [-0.2, 0) is 43.3 Å². The van der Waals surface area contributed by atoms with Gasteiger partial charge in [0.2, 0.25) is 0 Å². The van der Waals surface area contributed by atoms with Crippen molar-refractivity contribution in [1.82, 2.24) is 35.2 Å². The number of Topliss-reactive ketones (excluding diaryl/α,β-unsaturated/α-hetero) is 3. The van der Waals surface area contributed by atoms with E-state index in [9.17, 15) is 18.0 Å². The molecule has 3 saturated carbocycles. The maximum atomic E-state index is 15.1. The Morgan fingerprint density at radius 3 is 1.94 bits per heavy atom. The topological polar surface area (TPSA) is 175 Å². The second-order valence-electron chi connectivity index (χ2n) is 28.0. The molecule has 2 aromatic carbocycles. The van der Waals surface area contributed by atoms with E-state index in [-0.39, 0.29) is 52.0 Å². The third kappa shape index (κ3) is 7.80. The number of hydrogen-bond acceptors (Lipinski definition) is 10. The highest BCUT2D eigenvalue weighted by Crippen LogP contribution is 2.62. The SMILES string of the molecule is Cc1[nH]nc2c1C(C)(c1ccccc1C(F)(F)F)C1=C(CC(C)(Cn3nc4c(c3C3CC3)C(C)(c3ccc(C5CCCC6(CC(=O)C7=C(C6)Nc6n[nH]c(C8CC8)c6C7(C)c6ccccc6)C5)nc3)C3=C(CC(C)(C)CC3=O)N4)CC1=O)N2. The summed E-state index contributed by atoms with van der Waals surface area (Å²) in [5.74, 6) is 2.76. The Morgan fingerprint density at radius 1 is 0.602 bits per heavy atom. The zero-order valence-electron chi connectivity index (χ0n) is 48.4. The summed E-state index contributed by atoms with van der Waals surface area (Å²) in [5, 5.41) is 32.2. The largest absolute Gasteiger partial charge is 0.416 e. The third-order valence-corrected chi connectivity index (χ3v) is 21.2. The number of nitrogens with zero attached hydrogens (tertiary/aromatic N) is 5. The summed E-state index contributed by atoms with van der Waals surface area (Å²) in [7, 11) is 0. The molecule has 6 aromatic rings. The Hall–Kier alpha value is -7.36. The lowest BCUT2D eigenvalue weighted by Gasteiger charge is -2.48. The molecule has 0 amide bonds. The molecule has 83 heavy (non-hydrogen) atoms. The van der Waals surface area contributed by atoms with Crippen LogP contribution < -0.4 is 16.0 Å². The maximum absolute atomic E-state index is 15.1. The van der Waals surface area contributed by atoms with Crippen LogP contribution in [0.25, 0.3) is 0 Å². The molecule has 16 heteroatoms. The number of alkyl halides is 3. The highest BCUT2D eigenvalue weighted by molar-refractivity contribution is 6.05. The smallest absolute Gasteiger partial charge is 0.342 e. The van der Waals surface area contributed by atoms with Gasteiger partial charge in [-0.25, -0.2) is 0 Å². The first-order chi connectivity index (χ1) is 39.5. The molecular formula is C67H71F3N10O3. The van der Waals surface area contributed by atoms with Crippen molar-refractivity contribution in [3.8, 4) is 0 Å². The van der Waals surface area contributed by atoms with Gasteiger partial charge in [0.1, 0.15) is 0 Å². The maximum Gasteiger partial charge on any atom is 0.416 e. The number of carbonyl (C=O) groups is 3. The van der Waals surface area contributed by atoms with E-state index in [1.54, 1.807) is 19.9 Å². The van der Waals surface area contributed by atoms with Crippen LogP contribution in [0.3, 0.4) is 0 Å². The van der Waals surface area contributed by atoms with Crippen LogP contribution in [0.4, 0.5) is 30.6 Å². The van der Waals surface area contributed by atoms with E-state index in [0.29, 0.717) is 72.3 Å². The van der Waals surface area contributed by atoms with Crippen LogP contribution in [0, 0.1) is 23.2 Å². The van der Waals surface area contributed by atoms with Crippen LogP contribution in [-0.4, -0.2) is 52.5 Å². The number of benzene rings is 2. The quantitative estimate of drug-likeness (QED) is 0.0986. The number of aryl methyl sites for hydroxylation is 1. The Balaban J connectivity index is 0.769. The molecule has 7 heterocycles. The van der Waals surface area contributed by atoms with E-state index in [1.165, 1.54) is 12.1 Å². The first-order valence-electron chi connectivity index (χ1n) is 30.1. The van der Waals surface area contributed by atoms with Gasteiger partial charge in [-0.05, 0) is 137 Å². The van der Waals surface area contributed by atoms with Gasteiger partial charge in [0.25, 0.3) is 0 Å².